The van der Waals surface area contributed by atoms with E-state index in [2.05, 4.69) is 4.98 Å². The molecule has 0 spiro atoms. The SMILES string of the molecule is O=Cc1ccc(Cl)n1-c1ccccn1. The van der Waals surface area contributed by atoms with Crippen molar-refractivity contribution in [2.24, 2.45) is 0 Å². The molecule has 0 aliphatic rings. The van der Waals surface area contributed by atoms with Gasteiger partial charge in [-0.2, -0.15) is 0 Å². The van der Waals surface area contributed by atoms with E-state index in [0.29, 0.717) is 16.7 Å². The number of hydrogen-bond donors (Lipinski definition) is 0. The van der Waals surface area contributed by atoms with Crippen molar-refractivity contribution in [2.75, 3.05) is 0 Å². The van der Waals surface area contributed by atoms with Crippen LogP contribution in [0.1, 0.15) is 10.5 Å². The predicted molar refractivity (Wildman–Crippen MR) is 54.0 cm³/mol. The van der Waals surface area contributed by atoms with Gasteiger partial charge in [0, 0.05) is 6.20 Å². The van der Waals surface area contributed by atoms with E-state index in [9.17, 15) is 4.79 Å². The van der Waals surface area contributed by atoms with Crippen molar-refractivity contribution in [1.29, 1.82) is 0 Å². The van der Waals surface area contributed by atoms with Gasteiger partial charge in [0.1, 0.15) is 11.0 Å². The maximum atomic E-state index is 10.7. The van der Waals surface area contributed by atoms with Gasteiger partial charge in [-0.05, 0) is 24.3 Å². The minimum atomic E-state index is 0.478. The summed E-state index contributed by atoms with van der Waals surface area (Å²) in [6, 6.07) is 8.76. The Morgan fingerprint density at radius 2 is 2.14 bits per heavy atom. The smallest absolute Gasteiger partial charge is 0.166 e. The Hall–Kier alpha value is -1.61. The normalized spacial score (nSPS) is 10.1. The van der Waals surface area contributed by atoms with Crippen LogP contribution in [-0.2, 0) is 0 Å². The zero-order chi connectivity index (χ0) is 9.97. The highest BCUT2D eigenvalue weighted by Gasteiger charge is 2.07. The van der Waals surface area contributed by atoms with E-state index in [1.807, 2.05) is 12.1 Å². The average molecular weight is 207 g/mol. The Kier molecular flexibility index (Phi) is 2.33. The number of nitrogens with zero attached hydrogens (tertiary/aromatic N) is 2. The number of aromatic nitrogens is 2. The second-order valence-corrected chi connectivity index (χ2v) is 3.11. The van der Waals surface area contributed by atoms with Gasteiger partial charge in [-0.1, -0.05) is 17.7 Å². The highest BCUT2D eigenvalue weighted by Crippen LogP contribution is 2.18. The molecule has 0 unspecified atom stereocenters. The summed E-state index contributed by atoms with van der Waals surface area (Å²) in [7, 11) is 0. The van der Waals surface area contributed by atoms with Gasteiger partial charge in [0.05, 0.1) is 5.69 Å². The van der Waals surface area contributed by atoms with Crippen molar-refractivity contribution in [3.8, 4) is 5.82 Å². The number of carbonyl (C=O) groups is 1. The average Bonchev–Trinajstić information content (AvgIpc) is 2.61. The van der Waals surface area contributed by atoms with Gasteiger partial charge in [-0.3, -0.25) is 9.36 Å². The fraction of sp³-hybridized carbons (Fsp3) is 0. The summed E-state index contributed by atoms with van der Waals surface area (Å²) in [5.74, 6) is 0.643. The molecule has 0 saturated carbocycles. The lowest BCUT2D eigenvalue weighted by Gasteiger charge is -2.04. The van der Waals surface area contributed by atoms with Crippen LogP contribution in [0.5, 0.6) is 0 Å². The van der Waals surface area contributed by atoms with Crippen molar-refractivity contribution >= 4 is 17.9 Å². The molecule has 0 radical (unpaired) electrons. The molecule has 2 aromatic heterocycles. The Balaban J connectivity index is 2.61. The fourth-order valence-electron chi connectivity index (χ4n) is 1.25. The van der Waals surface area contributed by atoms with Gasteiger partial charge in [-0.15, -0.1) is 0 Å². The molecule has 0 aromatic carbocycles. The number of pyridine rings is 1. The lowest BCUT2D eigenvalue weighted by atomic mass is 10.4. The van der Waals surface area contributed by atoms with Crippen LogP contribution in [0, 0.1) is 0 Å². The summed E-state index contributed by atoms with van der Waals surface area (Å²) >= 11 is 5.92. The third-order valence-electron chi connectivity index (χ3n) is 1.86. The van der Waals surface area contributed by atoms with E-state index >= 15 is 0 Å². The highest BCUT2D eigenvalue weighted by molar-refractivity contribution is 6.30. The molecule has 0 fully saturated rings. The maximum absolute atomic E-state index is 10.7. The monoisotopic (exact) mass is 206 g/mol. The topological polar surface area (TPSA) is 34.9 Å². The van der Waals surface area contributed by atoms with E-state index in [-0.39, 0.29) is 0 Å². The molecule has 2 rings (SSSR count). The molecular weight excluding hydrogens is 200 g/mol. The molecule has 0 amide bonds. The van der Waals surface area contributed by atoms with Crippen LogP contribution in [0.3, 0.4) is 0 Å². The number of halogens is 1. The van der Waals surface area contributed by atoms with Crippen molar-refractivity contribution in [1.82, 2.24) is 9.55 Å². The lowest BCUT2D eigenvalue weighted by Crippen LogP contribution is -2.00. The van der Waals surface area contributed by atoms with E-state index in [1.165, 1.54) is 0 Å². The summed E-state index contributed by atoms with van der Waals surface area (Å²) in [5.41, 5.74) is 0.494. The van der Waals surface area contributed by atoms with Crippen LogP contribution >= 0.6 is 11.6 Å². The predicted octanol–water partition coefficient (Wildman–Crippen LogP) is 2.34. The molecular formula is C10H7ClN2O. The number of hydrogen-bond acceptors (Lipinski definition) is 2. The van der Waals surface area contributed by atoms with Crippen molar-refractivity contribution < 1.29 is 4.79 Å². The third kappa shape index (κ3) is 1.42. The van der Waals surface area contributed by atoms with E-state index in [1.54, 1.807) is 29.0 Å². The molecule has 2 heterocycles. The number of aldehydes is 1. The highest BCUT2D eigenvalue weighted by atomic mass is 35.5. The van der Waals surface area contributed by atoms with Gasteiger partial charge in [0.25, 0.3) is 0 Å². The number of carbonyl (C=O) groups excluding carboxylic acids is 1. The zero-order valence-electron chi connectivity index (χ0n) is 7.22. The zero-order valence-corrected chi connectivity index (χ0v) is 7.98. The van der Waals surface area contributed by atoms with Gasteiger partial charge in [-0.25, -0.2) is 4.98 Å². The molecule has 0 aliphatic heterocycles. The molecule has 0 saturated heterocycles. The molecule has 70 valence electrons. The summed E-state index contributed by atoms with van der Waals surface area (Å²) in [4.78, 5) is 14.8. The minimum absolute atomic E-state index is 0.478. The molecule has 3 nitrogen and oxygen atoms in total. The Labute approximate surface area is 86.0 Å². The maximum Gasteiger partial charge on any atom is 0.166 e. The molecule has 14 heavy (non-hydrogen) atoms. The summed E-state index contributed by atoms with van der Waals surface area (Å²) in [5, 5.41) is 0.478. The van der Waals surface area contributed by atoms with Crippen molar-refractivity contribution in [3.63, 3.8) is 0 Å². The van der Waals surface area contributed by atoms with E-state index in [0.717, 1.165) is 6.29 Å². The lowest BCUT2D eigenvalue weighted by molar-refractivity contribution is 0.111. The minimum Gasteiger partial charge on any atom is -0.296 e. The van der Waals surface area contributed by atoms with Crippen LogP contribution in [0.2, 0.25) is 5.15 Å². The van der Waals surface area contributed by atoms with Crippen LogP contribution in [0.4, 0.5) is 0 Å². The Bertz CT molecular complexity index is 450. The van der Waals surface area contributed by atoms with E-state index in [4.69, 9.17) is 11.6 Å². The summed E-state index contributed by atoms with van der Waals surface area (Å²) in [6.07, 6.45) is 2.40. The quantitative estimate of drug-likeness (QED) is 0.707. The fourth-order valence-corrected chi connectivity index (χ4v) is 1.49. The van der Waals surface area contributed by atoms with Crippen LogP contribution < -0.4 is 0 Å². The second kappa shape index (κ2) is 3.64. The summed E-state index contributed by atoms with van der Waals surface area (Å²) < 4.78 is 1.59. The standard InChI is InChI=1S/C10H7ClN2O/c11-9-5-4-8(7-14)13(9)10-3-1-2-6-12-10/h1-7H. The first-order chi connectivity index (χ1) is 6.83. The molecule has 0 bridgehead atoms. The first-order valence-corrected chi connectivity index (χ1v) is 4.44. The van der Waals surface area contributed by atoms with Crippen LogP contribution in [0.25, 0.3) is 5.82 Å². The van der Waals surface area contributed by atoms with E-state index < -0.39 is 0 Å². The third-order valence-corrected chi connectivity index (χ3v) is 2.16. The van der Waals surface area contributed by atoms with Crippen molar-refractivity contribution in [3.05, 3.63) is 47.4 Å². The van der Waals surface area contributed by atoms with Crippen LogP contribution in [0.15, 0.2) is 36.5 Å². The molecule has 0 N–H and O–H groups in total. The summed E-state index contributed by atoms with van der Waals surface area (Å²) in [6.45, 7) is 0. The van der Waals surface area contributed by atoms with Gasteiger partial charge >= 0.3 is 0 Å². The van der Waals surface area contributed by atoms with Crippen LogP contribution in [-0.4, -0.2) is 15.8 Å². The Morgan fingerprint density at radius 1 is 1.29 bits per heavy atom. The molecule has 4 heteroatoms. The molecule has 0 atom stereocenters. The number of rotatable bonds is 2. The first kappa shape index (κ1) is 8.97. The second-order valence-electron chi connectivity index (χ2n) is 2.72. The van der Waals surface area contributed by atoms with Gasteiger partial charge < -0.3 is 0 Å². The first-order valence-electron chi connectivity index (χ1n) is 4.07. The van der Waals surface area contributed by atoms with Gasteiger partial charge in [0.2, 0.25) is 0 Å². The van der Waals surface area contributed by atoms with Crippen molar-refractivity contribution in [2.45, 2.75) is 0 Å². The largest absolute Gasteiger partial charge is 0.296 e. The Morgan fingerprint density at radius 3 is 2.79 bits per heavy atom. The van der Waals surface area contributed by atoms with Gasteiger partial charge in [0.15, 0.2) is 6.29 Å². The molecule has 2 aromatic rings. The molecule has 0 aliphatic carbocycles.